The first-order valence-electron chi connectivity index (χ1n) is 10.4. The zero-order valence-corrected chi connectivity index (χ0v) is 18.1. The Kier molecular flexibility index (Phi) is 6.30. The summed E-state index contributed by atoms with van der Waals surface area (Å²) < 4.78 is 8.35. The van der Waals surface area contributed by atoms with Gasteiger partial charge in [0.1, 0.15) is 17.5 Å². The number of aromatic nitrogens is 4. The molecule has 32 heavy (non-hydrogen) atoms. The molecule has 2 aromatic carbocycles. The van der Waals surface area contributed by atoms with Crippen molar-refractivity contribution < 1.29 is 9.53 Å². The average molecular weight is 431 g/mol. The van der Waals surface area contributed by atoms with Gasteiger partial charge in [-0.1, -0.05) is 42.0 Å². The van der Waals surface area contributed by atoms with Gasteiger partial charge in [-0.3, -0.25) is 14.2 Å². The maximum absolute atomic E-state index is 12.9. The summed E-state index contributed by atoms with van der Waals surface area (Å²) in [6.45, 7) is 3.29. The number of methoxy groups -OCH3 is 1. The number of rotatable bonds is 8. The fraction of sp³-hybridized carbons (Fsp3) is 0.250. The van der Waals surface area contributed by atoms with E-state index in [1.165, 1.54) is 6.20 Å². The van der Waals surface area contributed by atoms with E-state index in [4.69, 9.17) is 4.74 Å². The summed E-state index contributed by atoms with van der Waals surface area (Å²) in [6.07, 6.45) is 3.37. The zero-order chi connectivity index (χ0) is 22.5. The van der Waals surface area contributed by atoms with Gasteiger partial charge in [-0.15, -0.1) is 0 Å². The van der Waals surface area contributed by atoms with Crippen molar-refractivity contribution in [1.82, 2.24) is 24.6 Å². The zero-order valence-electron chi connectivity index (χ0n) is 18.1. The van der Waals surface area contributed by atoms with Crippen LogP contribution in [0.3, 0.4) is 0 Å². The van der Waals surface area contributed by atoms with Gasteiger partial charge in [0.15, 0.2) is 5.65 Å². The third-order valence-corrected chi connectivity index (χ3v) is 5.23. The number of hydrogen-bond donors (Lipinski definition) is 1. The molecule has 0 aliphatic carbocycles. The molecule has 8 heteroatoms. The highest BCUT2D eigenvalue weighted by atomic mass is 16.5. The highest BCUT2D eigenvalue weighted by Gasteiger charge is 2.11. The van der Waals surface area contributed by atoms with Gasteiger partial charge < -0.3 is 10.1 Å². The summed E-state index contributed by atoms with van der Waals surface area (Å²) in [4.78, 5) is 29.5. The van der Waals surface area contributed by atoms with Gasteiger partial charge in [-0.05, 0) is 30.2 Å². The SMILES string of the molecule is COc1ccc(CC(=O)NCCn2ncc3c(=O)n(Cc4cccc(C)c4)cnc32)cc1. The van der Waals surface area contributed by atoms with Crippen LogP contribution in [0.2, 0.25) is 0 Å². The third-order valence-electron chi connectivity index (χ3n) is 5.23. The number of nitrogens with one attached hydrogen (secondary N) is 1. The molecule has 0 spiro atoms. The molecule has 0 saturated carbocycles. The maximum Gasteiger partial charge on any atom is 0.264 e. The molecule has 0 saturated heterocycles. The number of hydrogen-bond acceptors (Lipinski definition) is 5. The molecule has 1 amide bonds. The predicted molar refractivity (Wildman–Crippen MR) is 122 cm³/mol. The minimum Gasteiger partial charge on any atom is -0.497 e. The van der Waals surface area contributed by atoms with E-state index in [-0.39, 0.29) is 17.9 Å². The second-order valence-corrected chi connectivity index (χ2v) is 7.65. The number of carbonyl (C=O) groups is 1. The van der Waals surface area contributed by atoms with Crippen LogP contribution in [0.1, 0.15) is 16.7 Å². The van der Waals surface area contributed by atoms with Gasteiger partial charge in [0, 0.05) is 6.54 Å². The van der Waals surface area contributed by atoms with E-state index >= 15 is 0 Å². The van der Waals surface area contributed by atoms with Crippen LogP contribution in [0.15, 0.2) is 65.8 Å². The van der Waals surface area contributed by atoms with Gasteiger partial charge >= 0.3 is 0 Å². The van der Waals surface area contributed by atoms with Crippen molar-refractivity contribution in [2.24, 2.45) is 0 Å². The van der Waals surface area contributed by atoms with E-state index < -0.39 is 0 Å². The van der Waals surface area contributed by atoms with E-state index in [1.54, 1.807) is 22.7 Å². The van der Waals surface area contributed by atoms with Crippen molar-refractivity contribution >= 4 is 16.9 Å². The second-order valence-electron chi connectivity index (χ2n) is 7.65. The highest BCUT2D eigenvalue weighted by Crippen LogP contribution is 2.12. The molecule has 4 rings (SSSR count). The summed E-state index contributed by atoms with van der Waals surface area (Å²) in [5, 5.41) is 7.64. The number of aryl methyl sites for hydroxylation is 1. The Bertz CT molecular complexity index is 1290. The molecule has 164 valence electrons. The van der Waals surface area contributed by atoms with Crippen LogP contribution in [0.25, 0.3) is 11.0 Å². The molecule has 1 N–H and O–H groups in total. The van der Waals surface area contributed by atoms with Crippen molar-refractivity contribution in [2.45, 2.75) is 26.4 Å². The van der Waals surface area contributed by atoms with Crippen molar-refractivity contribution in [3.05, 3.63) is 88.1 Å². The first-order valence-corrected chi connectivity index (χ1v) is 10.4. The molecular weight excluding hydrogens is 406 g/mol. The molecule has 0 fully saturated rings. The summed E-state index contributed by atoms with van der Waals surface area (Å²) in [7, 11) is 1.61. The van der Waals surface area contributed by atoms with E-state index in [0.717, 1.165) is 22.4 Å². The van der Waals surface area contributed by atoms with Gasteiger partial charge in [0.2, 0.25) is 5.91 Å². The Morgan fingerprint density at radius 2 is 1.94 bits per heavy atom. The Morgan fingerprint density at radius 1 is 1.12 bits per heavy atom. The van der Waals surface area contributed by atoms with Crippen LogP contribution in [0.5, 0.6) is 5.75 Å². The van der Waals surface area contributed by atoms with Gasteiger partial charge in [0.25, 0.3) is 5.56 Å². The quantitative estimate of drug-likeness (QED) is 0.462. The standard InChI is InChI=1S/C24H25N5O3/c1-17-4-3-5-19(12-17)15-28-16-26-23-21(24(28)31)14-27-29(23)11-10-25-22(30)13-18-6-8-20(32-2)9-7-18/h3-9,12,14,16H,10-11,13,15H2,1-2H3,(H,25,30). The van der Waals surface area contributed by atoms with Gasteiger partial charge in [0.05, 0.1) is 32.8 Å². The largest absolute Gasteiger partial charge is 0.497 e. The third kappa shape index (κ3) is 4.85. The molecule has 0 bridgehead atoms. The monoisotopic (exact) mass is 431 g/mol. The predicted octanol–water partition coefficient (Wildman–Crippen LogP) is 2.32. The van der Waals surface area contributed by atoms with Crippen molar-refractivity contribution in [2.75, 3.05) is 13.7 Å². The second kappa shape index (κ2) is 9.47. The lowest BCUT2D eigenvalue weighted by molar-refractivity contribution is -0.120. The normalized spacial score (nSPS) is 10.9. The van der Waals surface area contributed by atoms with Crippen molar-refractivity contribution in [3.63, 3.8) is 0 Å². The summed E-state index contributed by atoms with van der Waals surface area (Å²) in [6, 6.07) is 15.4. The van der Waals surface area contributed by atoms with E-state index in [9.17, 15) is 9.59 Å². The minimum absolute atomic E-state index is 0.0832. The Hall–Kier alpha value is -3.94. The first kappa shape index (κ1) is 21.3. The first-order chi connectivity index (χ1) is 15.5. The van der Waals surface area contributed by atoms with Crippen LogP contribution < -0.4 is 15.6 Å². The van der Waals surface area contributed by atoms with Crippen LogP contribution in [-0.4, -0.2) is 38.9 Å². The fourth-order valence-electron chi connectivity index (χ4n) is 3.57. The lowest BCUT2D eigenvalue weighted by Gasteiger charge is -2.08. The molecule has 0 aliphatic heterocycles. The minimum atomic E-state index is -0.133. The number of carbonyl (C=O) groups excluding carboxylic acids is 1. The average Bonchev–Trinajstić information content (AvgIpc) is 3.20. The van der Waals surface area contributed by atoms with Crippen LogP contribution in [0.4, 0.5) is 0 Å². The van der Waals surface area contributed by atoms with Crippen LogP contribution >= 0.6 is 0 Å². The van der Waals surface area contributed by atoms with E-state index in [1.807, 2.05) is 49.4 Å². The van der Waals surface area contributed by atoms with E-state index in [0.29, 0.717) is 30.7 Å². The Morgan fingerprint density at radius 3 is 2.69 bits per heavy atom. The molecule has 4 aromatic rings. The van der Waals surface area contributed by atoms with Gasteiger partial charge in [-0.2, -0.15) is 5.10 Å². The summed E-state index contributed by atoms with van der Waals surface area (Å²) in [5.74, 6) is 0.672. The molecule has 2 aromatic heterocycles. The summed E-state index contributed by atoms with van der Waals surface area (Å²) >= 11 is 0. The van der Waals surface area contributed by atoms with Gasteiger partial charge in [-0.25, -0.2) is 9.67 Å². The van der Waals surface area contributed by atoms with E-state index in [2.05, 4.69) is 21.5 Å². The topological polar surface area (TPSA) is 91.0 Å². The number of nitrogens with zero attached hydrogens (tertiary/aromatic N) is 4. The van der Waals surface area contributed by atoms with Crippen molar-refractivity contribution in [3.8, 4) is 5.75 Å². The number of fused-ring (bicyclic) bond motifs is 1. The van der Waals surface area contributed by atoms with Crippen LogP contribution in [-0.2, 0) is 24.3 Å². The molecule has 0 aliphatic rings. The highest BCUT2D eigenvalue weighted by molar-refractivity contribution is 5.78. The molecule has 0 radical (unpaired) electrons. The number of ether oxygens (including phenoxy) is 1. The number of amides is 1. The molecule has 0 atom stereocenters. The smallest absolute Gasteiger partial charge is 0.264 e. The molecule has 2 heterocycles. The lowest BCUT2D eigenvalue weighted by atomic mass is 10.1. The van der Waals surface area contributed by atoms with Crippen LogP contribution in [0, 0.1) is 6.92 Å². The maximum atomic E-state index is 12.9. The summed E-state index contributed by atoms with van der Waals surface area (Å²) in [5.41, 5.74) is 3.47. The molecule has 8 nitrogen and oxygen atoms in total. The Balaban J connectivity index is 1.38. The molecular formula is C24H25N5O3. The Labute approximate surface area is 185 Å². The molecule has 0 unspecified atom stereocenters. The van der Waals surface area contributed by atoms with Crippen molar-refractivity contribution in [1.29, 1.82) is 0 Å². The number of benzene rings is 2. The lowest BCUT2D eigenvalue weighted by Crippen LogP contribution is -2.29. The fourth-order valence-corrected chi connectivity index (χ4v) is 3.57.